The third kappa shape index (κ3) is 2.98. The van der Waals surface area contributed by atoms with Gasteiger partial charge in [0.2, 0.25) is 5.91 Å². The highest BCUT2D eigenvalue weighted by atomic mass is 16.5. The minimum absolute atomic E-state index is 0.0996. The van der Waals surface area contributed by atoms with E-state index in [2.05, 4.69) is 0 Å². The normalized spacial score (nSPS) is 18.6. The van der Waals surface area contributed by atoms with E-state index in [4.69, 9.17) is 4.74 Å². The topological polar surface area (TPSA) is 29.5 Å². The van der Waals surface area contributed by atoms with Gasteiger partial charge in [0.05, 0.1) is 11.7 Å². The van der Waals surface area contributed by atoms with Crippen LogP contribution in [0.3, 0.4) is 0 Å². The first-order valence-corrected chi connectivity index (χ1v) is 5.26. The Balaban J connectivity index is 2.27. The van der Waals surface area contributed by atoms with Gasteiger partial charge in [0.1, 0.15) is 0 Å². The molecule has 0 unspecified atom stereocenters. The average molecular weight is 199 g/mol. The molecular weight excluding hydrogens is 178 g/mol. The van der Waals surface area contributed by atoms with Crippen LogP contribution in [0, 0.1) is 5.92 Å². The summed E-state index contributed by atoms with van der Waals surface area (Å²) in [6.45, 7) is 11.5. The van der Waals surface area contributed by atoms with Crippen LogP contribution in [-0.4, -0.2) is 35.6 Å². The first kappa shape index (κ1) is 11.5. The summed E-state index contributed by atoms with van der Waals surface area (Å²) in [7, 11) is 0. The third-order valence-electron chi connectivity index (χ3n) is 2.17. The van der Waals surface area contributed by atoms with Gasteiger partial charge in [-0.1, -0.05) is 13.8 Å². The van der Waals surface area contributed by atoms with Crippen LogP contribution < -0.4 is 0 Å². The molecule has 1 rings (SSSR count). The van der Waals surface area contributed by atoms with E-state index in [1.807, 2.05) is 39.5 Å². The van der Waals surface area contributed by atoms with E-state index in [1.165, 1.54) is 0 Å². The number of ether oxygens (including phenoxy) is 1. The monoisotopic (exact) mass is 199 g/mol. The Morgan fingerprint density at radius 1 is 1.36 bits per heavy atom. The molecule has 0 atom stereocenters. The number of likely N-dealkylation sites (tertiary alicyclic amines) is 1. The number of carbonyl (C=O) groups excluding carboxylic acids is 1. The summed E-state index contributed by atoms with van der Waals surface area (Å²) in [5.41, 5.74) is -0.0996. The second-order valence-corrected chi connectivity index (χ2v) is 5.25. The zero-order valence-electron chi connectivity index (χ0n) is 9.83. The summed E-state index contributed by atoms with van der Waals surface area (Å²) in [5, 5.41) is 0. The molecule has 0 aromatic rings. The molecule has 14 heavy (non-hydrogen) atoms. The van der Waals surface area contributed by atoms with E-state index in [1.54, 1.807) is 0 Å². The van der Waals surface area contributed by atoms with Gasteiger partial charge in [-0.25, -0.2) is 0 Å². The largest absolute Gasteiger partial charge is 0.369 e. The average Bonchev–Trinajstić information content (AvgIpc) is 1.92. The van der Waals surface area contributed by atoms with Crippen LogP contribution in [0.4, 0.5) is 0 Å². The summed E-state index contributed by atoms with van der Waals surface area (Å²) in [6.07, 6.45) is 0.234. The van der Waals surface area contributed by atoms with Crippen LogP contribution in [0.15, 0.2) is 0 Å². The van der Waals surface area contributed by atoms with Gasteiger partial charge in [-0.3, -0.25) is 4.79 Å². The molecule has 1 saturated heterocycles. The van der Waals surface area contributed by atoms with Gasteiger partial charge < -0.3 is 9.64 Å². The van der Waals surface area contributed by atoms with E-state index >= 15 is 0 Å². The predicted molar refractivity (Wildman–Crippen MR) is 56.0 cm³/mol. The number of nitrogens with zero attached hydrogens (tertiary/aromatic N) is 1. The van der Waals surface area contributed by atoms with Crippen LogP contribution in [0.5, 0.6) is 0 Å². The maximum Gasteiger partial charge on any atom is 0.225 e. The Labute approximate surface area is 86.4 Å². The molecule has 0 N–H and O–H groups in total. The molecule has 0 aromatic carbocycles. The van der Waals surface area contributed by atoms with Crippen LogP contribution in [0.25, 0.3) is 0 Å². The van der Waals surface area contributed by atoms with Crippen molar-refractivity contribution in [3.05, 3.63) is 0 Å². The highest BCUT2D eigenvalue weighted by molar-refractivity contribution is 5.78. The van der Waals surface area contributed by atoms with Crippen LogP contribution in [0.2, 0.25) is 0 Å². The first-order chi connectivity index (χ1) is 6.29. The predicted octanol–water partition coefficient (Wildman–Crippen LogP) is 1.67. The first-order valence-electron chi connectivity index (χ1n) is 5.26. The highest BCUT2D eigenvalue weighted by Gasteiger charge is 2.34. The van der Waals surface area contributed by atoms with Crippen molar-refractivity contribution in [1.82, 2.24) is 4.90 Å². The molecule has 0 radical (unpaired) electrons. The molecule has 3 nitrogen and oxygen atoms in total. The lowest BCUT2D eigenvalue weighted by molar-refractivity contribution is -0.160. The number of carbonyl (C=O) groups is 1. The molecule has 1 heterocycles. The molecule has 0 aliphatic carbocycles. The molecule has 1 amide bonds. The Kier molecular flexibility index (Phi) is 3.20. The molecule has 1 aliphatic heterocycles. The van der Waals surface area contributed by atoms with E-state index < -0.39 is 0 Å². The van der Waals surface area contributed by atoms with Gasteiger partial charge in [-0.2, -0.15) is 0 Å². The fraction of sp³-hybridized carbons (Fsp3) is 0.909. The Bertz CT molecular complexity index is 212. The summed E-state index contributed by atoms with van der Waals surface area (Å²) in [5.74, 6) is 0.337. The molecule has 0 aromatic heterocycles. The summed E-state index contributed by atoms with van der Waals surface area (Å²) in [4.78, 5) is 13.4. The van der Waals surface area contributed by atoms with Crippen molar-refractivity contribution >= 4 is 5.91 Å². The smallest absolute Gasteiger partial charge is 0.225 e. The van der Waals surface area contributed by atoms with Gasteiger partial charge in [-0.15, -0.1) is 0 Å². The number of amides is 1. The van der Waals surface area contributed by atoms with E-state index in [0.29, 0.717) is 0 Å². The molecule has 1 fully saturated rings. The standard InChI is InChI=1S/C11H21NO2/c1-8(2)10(13)12-6-9(7-12)14-11(3,4)5/h8-9H,6-7H2,1-5H3. The summed E-state index contributed by atoms with van der Waals surface area (Å²) < 4.78 is 5.74. The van der Waals surface area contributed by atoms with Crippen molar-refractivity contribution in [2.75, 3.05) is 13.1 Å². The molecule has 3 heteroatoms. The molecule has 82 valence electrons. The zero-order chi connectivity index (χ0) is 10.9. The van der Waals surface area contributed by atoms with Gasteiger partial charge >= 0.3 is 0 Å². The highest BCUT2D eigenvalue weighted by Crippen LogP contribution is 2.20. The van der Waals surface area contributed by atoms with Gasteiger partial charge in [-0.05, 0) is 20.8 Å². The second-order valence-electron chi connectivity index (χ2n) is 5.25. The number of rotatable bonds is 2. The minimum Gasteiger partial charge on any atom is -0.369 e. The molecule has 0 spiro atoms. The fourth-order valence-electron chi connectivity index (χ4n) is 1.56. The van der Waals surface area contributed by atoms with Gasteiger partial charge in [0.25, 0.3) is 0 Å². The van der Waals surface area contributed by atoms with E-state index in [0.717, 1.165) is 13.1 Å². The van der Waals surface area contributed by atoms with Crippen molar-refractivity contribution in [3.8, 4) is 0 Å². The van der Waals surface area contributed by atoms with Gasteiger partial charge in [0.15, 0.2) is 0 Å². The molecule has 0 saturated carbocycles. The van der Waals surface area contributed by atoms with Crippen LogP contribution in [-0.2, 0) is 9.53 Å². The quantitative estimate of drug-likeness (QED) is 0.677. The maximum absolute atomic E-state index is 11.5. The molecular formula is C11H21NO2. The Morgan fingerprint density at radius 3 is 2.21 bits per heavy atom. The molecule has 0 bridgehead atoms. The van der Waals surface area contributed by atoms with Crippen molar-refractivity contribution in [2.24, 2.45) is 5.92 Å². The number of hydrogen-bond acceptors (Lipinski definition) is 2. The lowest BCUT2D eigenvalue weighted by atomic mass is 10.1. The van der Waals surface area contributed by atoms with Crippen LogP contribution in [0.1, 0.15) is 34.6 Å². The summed E-state index contributed by atoms with van der Waals surface area (Å²) in [6, 6.07) is 0. The second kappa shape index (κ2) is 3.89. The Hall–Kier alpha value is -0.570. The van der Waals surface area contributed by atoms with Crippen molar-refractivity contribution < 1.29 is 9.53 Å². The number of hydrogen-bond donors (Lipinski definition) is 0. The third-order valence-corrected chi connectivity index (χ3v) is 2.17. The van der Waals surface area contributed by atoms with Crippen molar-refractivity contribution in [3.63, 3.8) is 0 Å². The molecule has 1 aliphatic rings. The lowest BCUT2D eigenvalue weighted by Gasteiger charge is -2.42. The van der Waals surface area contributed by atoms with E-state index in [-0.39, 0.29) is 23.5 Å². The summed E-state index contributed by atoms with van der Waals surface area (Å²) >= 11 is 0. The fourth-order valence-corrected chi connectivity index (χ4v) is 1.56. The SMILES string of the molecule is CC(C)C(=O)N1CC(OC(C)(C)C)C1. The lowest BCUT2D eigenvalue weighted by Crippen LogP contribution is -2.57. The minimum atomic E-state index is -0.0996. The zero-order valence-corrected chi connectivity index (χ0v) is 9.83. The van der Waals surface area contributed by atoms with E-state index in [9.17, 15) is 4.79 Å². The Morgan fingerprint density at radius 2 is 1.86 bits per heavy atom. The van der Waals surface area contributed by atoms with Gasteiger partial charge in [0, 0.05) is 19.0 Å². The van der Waals surface area contributed by atoms with Crippen molar-refractivity contribution in [2.45, 2.75) is 46.3 Å². The van der Waals surface area contributed by atoms with Crippen molar-refractivity contribution in [1.29, 1.82) is 0 Å². The maximum atomic E-state index is 11.5. The van der Waals surface area contributed by atoms with Crippen LogP contribution >= 0.6 is 0 Å².